The highest BCUT2D eigenvalue weighted by Gasteiger charge is 2.25. The summed E-state index contributed by atoms with van der Waals surface area (Å²) in [7, 11) is 0. The zero-order chi connectivity index (χ0) is 21.2. The molecule has 0 atom stereocenters. The number of carbonyl (C=O) groups excluding carboxylic acids is 1. The molecule has 0 radical (unpaired) electrons. The van der Waals surface area contributed by atoms with Gasteiger partial charge in [-0.05, 0) is 85.3 Å². The van der Waals surface area contributed by atoms with Crippen molar-refractivity contribution in [1.29, 1.82) is 0 Å². The van der Waals surface area contributed by atoms with Gasteiger partial charge in [-0.25, -0.2) is 4.39 Å². The van der Waals surface area contributed by atoms with Gasteiger partial charge in [0.1, 0.15) is 5.82 Å². The van der Waals surface area contributed by atoms with Crippen LogP contribution in [-0.2, 0) is 6.42 Å². The van der Waals surface area contributed by atoms with Crippen molar-refractivity contribution >= 4 is 22.7 Å². The summed E-state index contributed by atoms with van der Waals surface area (Å²) in [6.07, 6.45) is 7.99. The highest BCUT2D eigenvalue weighted by molar-refractivity contribution is 6.07. The van der Waals surface area contributed by atoms with Crippen molar-refractivity contribution in [3.05, 3.63) is 76.6 Å². The van der Waals surface area contributed by atoms with Crippen molar-refractivity contribution in [1.82, 2.24) is 10.6 Å². The van der Waals surface area contributed by atoms with E-state index in [1.807, 2.05) is 11.0 Å². The minimum Gasteiger partial charge on any atom is -0.313 e. The molecule has 3 aliphatic rings. The Kier molecular flexibility index (Phi) is 5.70. The molecule has 0 aromatic heterocycles. The van der Waals surface area contributed by atoms with E-state index < -0.39 is 0 Å². The second kappa shape index (κ2) is 8.77. The SMILES string of the molecule is O=C(c1ccc(C2=CCNCC2)c(F)c1)N1CCCc2cc(C3=CCNCC3)ccc21. The Balaban J connectivity index is 1.41. The number of hydrogen-bond donors (Lipinski definition) is 2. The summed E-state index contributed by atoms with van der Waals surface area (Å²) in [5.74, 6) is -0.441. The molecule has 3 aliphatic heterocycles. The molecule has 0 bridgehead atoms. The quantitative estimate of drug-likeness (QED) is 0.788. The Morgan fingerprint density at radius 1 is 0.903 bits per heavy atom. The van der Waals surface area contributed by atoms with Gasteiger partial charge in [0.2, 0.25) is 0 Å². The fourth-order valence-electron chi connectivity index (χ4n) is 4.82. The van der Waals surface area contributed by atoms with E-state index in [1.54, 1.807) is 12.1 Å². The smallest absolute Gasteiger partial charge is 0.258 e. The third-order valence-electron chi connectivity index (χ3n) is 6.50. The van der Waals surface area contributed by atoms with Crippen molar-refractivity contribution in [2.75, 3.05) is 37.6 Å². The Morgan fingerprint density at radius 3 is 2.39 bits per heavy atom. The van der Waals surface area contributed by atoms with Crippen LogP contribution >= 0.6 is 0 Å². The zero-order valence-electron chi connectivity index (χ0n) is 17.7. The van der Waals surface area contributed by atoms with Crippen LogP contribution in [0.1, 0.15) is 46.3 Å². The average Bonchev–Trinajstić information content (AvgIpc) is 2.84. The summed E-state index contributed by atoms with van der Waals surface area (Å²) < 4.78 is 14.9. The number of amides is 1. The molecular weight excluding hydrogens is 389 g/mol. The predicted molar refractivity (Wildman–Crippen MR) is 124 cm³/mol. The lowest BCUT2D eigenvalue weighted by molar-refractivity contribution is 0.0984. The number of rotatable bonds is 3. The Bertz CT molecular complexity index is 1070. The summed E-state index contributed by atoms with van der Waals surface area (Å²) in [5, 5.41) is 6.59. The van der Waals surface area contributed by atoms with E-state index >= 15 is 0 Å². The van der Waals surface area contributed by atoms with Crippen LogP contribution in [0, 0.1) is 5.82 Å². The van der Waals surface area contributed by atoms with E-state index in [-0.39, 0.29) is 11.7 Å². The predicted octanol–water partition coefficient (Wildman–Crippen LogP) is 4.17. The summed E-state index contributed by atoms with van der Waals surface area (Å²) in [6, 6.07) is 11.4. The first-order chi connectivity index (χ1) is 15.2. The molecule has 5 rings (SSSR count). The first kappa shape index (κ1) is 20.2. The number of aryl methyl sites for hydroxylation is 1. The normalized spacial score (nSPS) is 18.8. The fourth-order valence-corrected chi connectivity index (χ4v) is 4.82. The van der Waals surface area contributed by atoms with Gasteiger partial charge < -0.3 is 15.5 Å². The van der Waals surface area contributed by atoms with Crippen molar-refractivity contribution < 1.29 is 9.18 Å². The van der Waals surface area contributed by atoms with Crippen molar-refractivity contribution in [2.45, 2.75) is 25.7 Å². The monoisotopic (exact) mass is 417 g/mol. The van der Waals surface area contributed by atoms with E-state index in [0.29, 0.717) is 17.7 Å². The third-order valence-corrected chi connectivity index (χ3v) is 6.50. The maximum Gasteiger partial charge on any atom is 0.258 e. The first-order valence-corrected chi connectivity index (χ1v) is 11.3. The molecule has 1 amide bonds. The van der Waals surface area contributed by atoms with Gasteiger partial charge in [-0.2, -0.15) is 0 Å². The number of halogens is 1. The molecule has 160 valence electrons. The van der Waals surface area contributed by atoms with Gasteiger partial charge in [0, 0.05) is 36.4 Å². The molecule has 0 spiro atoms. The van der Waals surface area contributed by atoms with Crippen LogP contribution in [0.25, 0.3) is 11.1 Å². The molecule has 5 heteroatoms. The van der Waals surface area contributed by atoms with Crippen LogP contribution in [0.5, 0.6) is 0 Å². The van der Waals surface area contributed by atoms with E-state index in [0.717, 1.165) is 63.1 Å². The number of benzene rings is 2. The molecule has 0 saturated heterocycles. The van der Waals surface area contributed by atoms with Crippen molar-refractivity contribution in [3.63, 3.8) is 0 Å². The molecule has 0 unspecified atom stereocenters. The van der Waals surface area contributed by atoms with Crippen molar-refractivity contribution in [3.8, 4) is 0 Å². The van der Waals surface area contributed by atoms with Gasteiger partial charge in [0.15, 0.2) is 0 Å². The summed E-state index contributed by atoms with van der Waals surface area (Å²) in [5.41, 5.74) is 6.81. The van der Waals surface area contributed by atoms with Gasteiger partial charge in [-0.15, -0.1) is 0 Å². The van der Waals surface area contributed by atoms with Crippen LogP contribution in [0.2, 0.25) is 0 Å². The highest BCUT2D eigenvalue weighted by atomic mass is 19.1. The third kappa shape index (κ3) is 4.08. The van der Waals surface area contributed by atoms with E-state index in [2.05, 4.69) is 34.9 Å². The van der Waals surface area contributed by atoms with E-state index in [1.165, 1.54) is 22.8 Å². The van der Waals surface area contributed by atoms with Crippen LogP contribution in [0.4, 0.5) is 10.1 Å². The topological polar surface area (TPSA) is 44.4 Å². The number of fused-ring (bicyclic) bond motifs is 1. The molecule has 31 heavy (non-hydrogen) atoms. The summed E-state index contributed by atoms with van der Waals surface area (Å²) in [6.45, 7) is 4.19. The van der Waals surface area contributed by atoms with Crippen LogP contribution in [-0.4, -0.2) is 38.6 Å². The molecule has 0 aliphatic carbocycles. The standard InChI is InChI=1S/C26H28FN3O/c27-24-17-22(3-5-23(24)19-9-13-29-14-10-19)26(31)30-15-1-2-21-16-20(4-6-25(21)30)18-7-11-28-12-8-18/h3-7,9,16-17,28-29H,1-2,8,10-15H2. The molecule has 3 heterocycles. The van der Waals surface area contributed by atoms with Crippen molar-refractivity contribution in [2.24, 2.45) is 0 Å². The number of nitrogens with zero attached hydrogens (tertiary/aromatic N) is 1. The molecule has 4 nitrogen and oxygen atoms in total. The second-order valence-corrected chi connectivity index (χ2v) is 8.47. The van der Waals surface area contributed by atoms with Gasteiger partial charge in [0.25, 0.3) is 5.91 Å². The number of carbonyl (C=O) groups is 1. The average molecular weight is 418 g/mol. The van der Waals surface area contributed by atoms with Gasteiger partial charge in [0.05, 0.1) is 0 Å². The summed E-state index contributed by atoms with van der Waals surface area (Å²) >= 11 is 0. The molecule has 2 N–H and O–H groups in total. The zero-order valence-corrected chi connectivity index (χ0v) is 17.7. The number of hydrogen-bond acceptors (Lipinski definition) is 3. The lowest BCUT2D eigenvalue weighted by atomic mass is 9.93. The number of anilines is 1. The Morgan fingerprint density at radius 2 is 1.68 bits per heavy atom. The second-order valence-electron chi connectivity index (χ2n) is 8.47. The van der Waals surface area contributed by atoms with Crippen LogP contribution in [0.3, 0.4) is 0 Å². The fraction of sp³-hybridized carbons (Fsp3) is 0.346. The van der Waals surface area contributed by atoms with E-state index in [9.17, 15) is 9.18 Å². The Hall–Kier alpha value is -2.76. The Labute approximate surface area is 182 Å². The minimum atomic E-state index is -0.315. The molecular formula is C26H28FN3O. The maximum atomic E-state index is 14.9. The van der Waals surface area contributed by atoms with Gasteiger partial charge in [-0.1, -0.05) is 24.3 Å². The van der Waals surface area contributed by atoms with Gasteiger partial charge >= 0.3 is 0 Å². The number of nitrogens with one attached hydrogen (secondary N) is 2. The lowest BCUT2D eigenvalue weighted by Crippen LogP contribution is -2.35. The molecule has 0 saturated carbocycles. The largest absolute Gasteiger partial charge is 0.313 e. The molecule has 2 aromatic rings. The minimum absolute atomic E-state index is 0.125. The molecule has 2 aromatic carbocycles. The molecule has 0 fully saturated rings. The van der Waals surface area contributed by atoms with Crippen LogP contribution < -0.4 is 15.5 Å². The van der Waals surface area contributed by atoms with Gasteiger partial charge in [-0.3, -0.25) is 4.79 Å². The first-order valence-electron chi connectivity index (χ1n) is 11.3. The maximum absolute atomic E-state index is 14.9. The lowest BCUT2D eigenvalue weighted by Gasteiger charge is -2.30. The highest BCUT2D eigenvalue weighted by Crippen LogP contribution is 2.33. The van der Waals surface area contributed by atoms with E-state index in [4.69, 9.17) is 0 Å². The summed E-state index contributed by atoms with van der Waals surface area (Å²) in [4.78, 5) is 15.1. The van der Waals surface area contributed by atoms with Crippen LogP contribution in [0.15, 0.2) is 48.6 Å².